The Hall–Kier alpha value is -4.03. The summed E-state index contributed by atoms with van der Waals surface area (Å²) in [5.41, 5.74) is 3.56. The molecular formula is C22H21Cl2N7O5. The van der Waals surface area contributed by atoms with Gasteiger partial charge in [0, 0.05) is 54.4 Å². The number of imidazole rings is 1. The van der Waals surface area contributed by atoms with Crippen LogP contribution in [0.2, 0.25) is 0 Å². The number of nitrogens with one attached hydrogen (secondary N) is 1. The number of amides is 1. The molecule has 0 bridgehead atoms. The lowest BCUT2D eigenvalue weighted by atomic mass is 10.1. The van der Waals surface area contributed by atoms with Crippen LogP contribution in [-0.4, -0.2) is 56.4 Å². The average Bonchev–Trinajstić information content (AvgIpc) is 3.32. The van der Waals surface area contributed by atoms with E-state index < -0.39 is 27.1 Å². The lowest BCUT2D eigenvalue weighted by Gasteiger charge is -2.22. The molecule has 1 N–H and O–H groups in total. The number of nitro groups is 2. The smallest absolute Gasteiger partial charge is 0.346 e. The third kappa shape index (κ3) is 6.99. The molecule has 0 aliphatic heterocycles. The second-order valence-electron chi connectivity index (χ2n) is 7.40. The first kappa shape index (κ1) is 26.6. The molecule has 0 saturated carbocycles. The van der Waals surface area contributed by atoms with Crippen molar-refractivity contribution in [2.45, 2.75) is 6.54 Å². The van der Waals surface area contributed by atoms with Gasteiger partial charge in [-0.3, -0.25) is 25.0 Å². The Morgan fingerprint density at radius 3 is 2.33 bits per heavy atom. The monoisotopic (exact) mass is 533 g/mol. The fourth-order valence-corrected chi connectivity index (χ4v) is 3.71. The van der Waals surface area contributed by atoms with Crippen LogP contribution in [0.4, 0.5) is 17.1 Å². The highest BCUT2D eigenvalue weighted by atomic mass is 35.5. The first-order valence-electron chi connectivity index (χ1n) is 10.6. The molecule has 36 heavy (non-hydrogen) atoms. The summed E-state index contributed by atoms with van der Waals surface area (Å²) in [6, 6.07) is 11.0. The van der Waals surface area contributed by atoms with E-state index in [1.54, 1.807) is 0 Å². The summed E-state index contributed by atoms with van der Waals surface area (Å²) in [6.07, 6.45) is 4.38. The van der Waals surface area contributed by atoms with Gasteiger partial charge in [0.15, 0.2) is 0 Å². The van der Waals surface area contributed by atoms with E-state index in [1.807, 2.05) is 24.3 Å². The minimum absolute atomic E-state index is 0.107. The third-order valence-corrected chi connectivity index (χ3v) is 5.33. The summed E-state index contributed by atoms with van der Waals surface area (Å²) in [6.45, 7) is 1.24. The molecule has 0 saturated heterocycles. The zero-order chi connectivity index (χ0) is 26.1. The van der Waals surface area contributed by atoms with Crippen LogP contribution in [0.1, 0.15) is 5.56 Å². The predicted molar refractivity (Wildman–Crippen MR) is 137 cm³/mol. The quantitative estimate of drug-likeness (QED) is 0.161. The molecule has 12 nitrogen and oxygen atoms in total. The van der Waals surface area contributed by atoms with Crippen molar-refractivity contribution in [3.05, 3.63) is 80.8 Å². The van der Waals surface area contributed by atoms with Crippen molar-refractivity contribution in [1.82, 2.24) is 15.0 Å². The molecular weight excluding hydrogens is 513 g/mol. The van der Waals surface area contributed by atoms with Crippen LogP contribution >= 0.6 is 23.2 Å². The fraction of sp³-hybridized carbons (Fsp3) is 0.227. The van der Waals surface area contributed by atoms with Gasteiger partial charge in [0.25, 0.3) is 5.91 Å². The molecule has 0 fully saturated rings. The number of halogens is 2. The van der Waals surface area contributed by atoms with Gasteiger partial charge in [-0.1, -0.05) is 12.1 Å². The Balaban J connectivity index is 1.59. The van der Waals surface area contributed by atoms with Gasteiger partial charge in [-0.15, -0.1) is 23.2 Å². The first-order chi connectivity index (χ1) is 17.3. The molecule has 1 heterocycles. The number of carbonyl (C=O) groups excluding carboxylic acids is 1. The number of rotatable bonds is 12. The highest BCUT2D eigenvalue weighted by Gasteiger charge is 2.24. The van der Waals surface area contributed by atoms with Crippen LogP contribution in [0.3, 0.4) is 0 Å². The van der Waals surface area contributed by atoms with Crippen molar-refractivity contribution in [1.29, 1.82) is 0 Å². The highest BCUT2D eigenvalue weighted by Crippen LogP contribution is 2.31. The zero-order valence-corrected chi connectivity index (χ0v) is 20.3. The second-order valence-corrected chi connectivity index (χ2v) is 8.15. The highest BCUT2D eigenvalue weighted by molar-refractivity contribution is 6.18. The Labute approximate surface area is 215 Å². The van der Waals surface area contributed by atoms with Crippen LogP contribution in [-0.2, 0) is 11.3 Å². The number of aromatic nitrogens is 2. The van der Waals surface area contributed by atoms with Gasteiger partial charge in [0.1, 0.15) is 6.54 Å². The average molecular weight is 534 g/mol. The van der Waals surface area contributed by atoms with Crippen LogP contribution in [0.5, 0.6) is 0 Å². The molecule has 0 radical (unpaired) electrons. The van der Waals surface area contributed by atoms with Crippen molar-refractivity contribution in [2.24, 2.45) is 5.10 Å². The molecule has 0 atom stereocenters. The Morgan fingerprint density at radius 2 is 1.72 bits per heavy atom. The third-order valence-electron chi connectivity index (χ3n) is 4.99. The van der Waals surface area contributed by atoms with Gasteiger partial charge < -0.3 is 9.47 Å². The molecule has 188 valence electrons. The number of carbonyl (C=O) groups is 1. The van der Waals surface area contributed by atoms with E-state index in [0.717, 1.165) is 23.4 Å². The van der Waals surface area contributed by atoms with Crippen LogP contribution in [0.15, 0.2) is 60.1 Å². The maximum absolute atomic E-state index is 12.2. The van der Waals surface area contributed by atoms with E-state index in [4.69, 9.17) is 23.2 Å². The Bertz CT molecular complexity index is 1260. The lowest BCUT2D eigenvalue weighted by Crippen LogP contribution is -2.27. The lowest BCUT2D eigenvalue weighted by molar-refractivity contribution is -0.422. The number of nitro benzene ring substituents is 2. The summed E-state index contributed by atoms with van der Waals surface area (Å²) in [4.78, 5) is 38.9. The predicted octanol–water partition coefficient (Wildman–Crippen LogP) is 3.80. The maximum Gasteiger partial charge on any atom is 0.346 e. The van der Waals surface area contributed by atoms with Gasteiger partial charge in [0.2, 0.25) is 0 Å². The summed E-state index contributed by atoms with van der Waals surface area (Å²) in [7, 11) is 0. The van der Waals surface area contributed by atoms with Gasteiger partial charge >= 0.3 is 11.4 Å². The number of anilines is 1. The van der Waals surface area contributed by atoms with E-state index >= 15 is 0 Å². The summed E-state index contributed by atoms with van der Waals surface area (Å²) in [5.74, 6) is 0.549. The number of benzene rings is 2. The zero-order valence-electron chi connectivity index (χ0n) is 18.8. The second kappa shape index (κ2) is 12.6. The summed E-state index contributed by atoms with van der Waals surface area (Å²) in [5, 5.41) is 26.1. The van der Waals surface area contributed by atoms with Gasteiger partial charge in [0.05, 0.1) is 28.1 Å². The summed E-state index contributed by atoms with van der Waals surface area (Å²) >= 11 is 11.7. The standard InChI is InChI=1S/C22H21Cl2N7O5/c23-7-9-29(10-8-24)18-4-1-16(2-5-18)12-26-27-22(32)14-28-13-19(25-15-28)17-3-6-20(30(33)34)21(11-17)31(35)36/h1-6,11-13,15H,7-10,14H2,(H,27,32)/b26-12+. The fourth-order valence-electron chi connectivity index (χ4n) is 3.30. The van der Waals surface area contributed by atoms with E-state index in [9.17, 15) is 25.0 Å². The topological polar surface area (TPSA) is 149 Å². The number of alkyl halides is 2. The first-order valence-corrected chi connectivity index (χ1v) is 11.6. The van der Waals surface area contributed by atoms with E-state index in [1.165, 1.54) is 29.4 Å². The van der Waals surface area contributed by atoms with Crippen molar-refractivity contribution < 1.29 is 14.6 Å². The van der Waals surface area contributed by atoms with Crippen molar-refractivity contribution in [3.63, 3.8) is 0 Å². The molecule has 0 aliphatic carbocycles. The SMILES string of the molecule is O=C(Cn1cnc(-c2ccc([N+](=O)[O-])c([N+](=O)[O-])c2)c1)N/N=C/c1ccc(N(CCCl)CCCl)cc1. The van der Waals surface area contributed by atoms with Crippen LogP contribution in [0, 0.1) is 20.2 Å². The largest absolute Gasteiger partial charge is 0.369 e. The molecule has 1 amide bonds. The molecule has 14 heteroatoms. The molecule has 3 aromatic rings. The van der Waals surface area contributed by atoms with E-state index in [2.05, 4.69) is 20.4 Å². The van der Waals surface area contributed by atoms with Crippen molar-refractivity contribution >= 4 is 52.4 Å². The van der Waals surface area contributed by atoms with Crippen molar-refractivity contribution in [3.8, 4) is 11.3 Å². The van der Waals surface area contributed by atoms with Crippen LogP contribution in [0.25, 0.3) is 11.3 Å². The van der Waals surface area contributed by atoms with Gasteiger partial charge in [-0.2, -0.15) is 5.10 Å². The number of nitrogens with zero attached hydrogens (tertiary/aromatic N) is 6. The maximum atomic E-state index is 12.2. The van der Waals surface area contributed by atoms with Crippen molar-refractivity contribution in [2.75, 3.05) is 29.7 Å². The Morgan fingerprint density at radius 1 is 1.06 bits per heavy atom. The van der Waals surface area contributed by atoms with Crippen LogP contribution < -0.4 is 10.3 Å². The number of hydrogen-bond acceptors (Lipinski definition) is 8. The molecule has 3 rings (SSSR count). The van der Waals surface area contributed by atoms with E-state index in [-0.39, 0.29) is 6.54 Å². The summed E-state index contributed by atoms with van der Waals surface area (Å²) < 4.78 is 1.46. The Kier molecular flexibility index (Phi) is 9.31. The normalized spacial score (nSPS) is 10.9. The molecule has 2 aromatic carbocycles. The molecule has 1 aromatic heterocycles. The van der Waals surface area contributed by atoms with Gasteiger partial charge in [-0.05, 0) is 23.8 Å². The number of hydrazone groups is 1. The molecule has 0 unspecified atom stereocenters. The van der Waals surface area contributed by atoms with Gasteiger partial charge in [-0.25, -0.2) is 10.4 Å². The minimum atomic E-state index is -0.826. The molecule has 0 aliphatic rings. The number of hydrogen-bond donors (Lipinski definition) is 1. The minimum Gasteiger partial charge on any atom is -0.369 e. The van der Waals surface area contributed by atoms with E-state index in [0.29, 0.717) is 36.1 Å². The molecule has 0 spiro atoms.